The van der Waals surface area contributed by atoms with Crippen molar-refractivity contribution in [2.75, 3.05) is 4.90 Å². The molecule has 3 aromatic heterocycles. The molecule has 5 rings (SSSR count). The second-order valence-corrected chi connectivity index (χ2v) is 9.51. The molecule has 0 saturated heterocycles. The van der Waals surface area contributed by atoms with Crippen LogP contribution in [0.5, 0.6) is 0 Å². The van der Waals surface area contributed by atoms with Crippen molar-refractivity contribution >= 4 is 50.5 Å². The maximum absolute atomic E-state index is 14.8. The van der Waals surface area contributed by atoms with Crippen molar-refractivity contribution in [1.82, 2.24) is 9.55 Å². The van der Waals surface area contributed by atoms with E-state index in [2.05, 4.69) is 20.9 Å². The number of carbonyl (C=O) groups excluding carboxylic acids is 2. The van der Waals surface area contributed by atoms with Crippen LogP contribution < -0.4 is 4.90 Å². The maximum Gasteiger partial charge on any atom is 0.264 e. The third-order valence-electron chi connectivity index (χ3n) is 5.43. The normalized spacial score (nSPS) is 10.9. The third kappa shape index (κ3) is 4.50. The Kier molecular flexibility index (Phi) is 6.58. The average Bonchev–Trinajstić information content (AvgIpc) is 3.58. The predicted molar refractivity (Wildman–Crippen MR) is 138 cm³/mol. The lowest BCUT2D eigenvalue weighted by Gasteiger charge is -2.23. The second-order valence-electron chi connectivity index (χ2n) is 7.68. The predicted octanol–water partition coefficient (Wildman–Crippen LogP) is 7.18. The van der Waals surface area contributed by atoms with Crippen LogP contribution >= 0.6 is 27.3 Å². The zero-order valence-corrected chi connectivity index (χ0v) is 20.8. The number of carbonyl (C=O) groups is 2. The van der Waals surface area contributed by atoms with Gasteiger partial charge in [-0.1, -0.05) is 22.0 Å². The molecule has 0 aliphatic rings. The van der Waals surface area contributed by atoms with Crippen molar-refractivity contribution in [3.05, 3.63) is 129 Å². The van der Waals surface area contributed by atoms with E-state index < -0.39 is 23.2 Å². The van der Waals surface area contributed by atoms with Gasteiger partial charge in [0.15, 0.2) is 0 Å². The Labute approximate surface area is 217 Å². The summed E-state index contributed by atoms with van der Waals surface area (Å²) in [4.78, 5) is 32.3. The van der Waals surface area contributed by atoms with Gasteiger partial charge in [0, 0.05) is 34.2 Å². The van der Waals surface area contributed by atoms with E-state index in [1.54, 1.807) is 12.1 Å². The minimum absolute atomic E-state index is 0.0275. The summed E-state index contributed by atoms with van der Waals surface area (Å²) in [6.45, 7) is 0. The Hall–Kier alpha value is -3.95. The van der Waals surface area contributed by atoms with Gasteiger partial charge in [-0.05, 0) is 72.1 Å². The molecule has 9 heteroatoms. The Morgan fingerprint density at radius 1 is 0.861 bits per heavy atom. The van der Waals surface area contributed by atoms with Crippen molar-refractivity contribution in [3.63, 3.8) is 0 Å². The Morgan fingerprint density at radius 3 is 2.17 bits per heavy atom. The SMILES string of the molecule is O=C(c1ccc(N(C(=O)c2ccc(Br)cc2)c2c(F)cccc2F)nc1)c1sccc1-n1cccc1. The van der Waals surface area contributed by atoms with E-state index in [0.29, 0.717) is 4.88 Å². The zero-order chi connectivity index (χ0) is 25.2. The molecule has 0 unspecified atom stereocenters. The molecule has 1 amide bonds. The molecule has 0 radical (unpaired) electrons. The first-order chi connectivity index (χ1) is 17.4. The van der Waals surface area contributed by atoms with Gasteiger partial charge in [0.2, 0.25) is 5.78 Å². The number of hydrogen-bond donors (Lipinski definition) is 0. The highest BCUT2D eigenvalue weighted by Gasteiger charge is 2.27. The molecule has 0 bridgehead atoms. The van der Waals surface area contributed by atoms with Crippen molar-refractivity contribution in [2.24, 2.45) is 0 Å². The van der Waals surface area contributed by atoms with Crippen LogP contribution in [0.15, 0.2) is 101 Å². The molecule has 5 nitrogen and oxygen atoms in total. The van der Waals surface area contributed by atoms with Gasteiger partial charge in [-0.3, -0.25) is 14.5 Å². The molecule has 5 aromatic rings. The monoisotopic (exact) mass is 563 g/mol. The van der Waals surface area contributed by atoms with Gasteiger partial charge >= 0.3 is 0 Å². The summed E-state index contributed by atoms with van der Waals surface area (Å²) in [5.74, 6) is -2.79. The van der Waals surface area contributed by atoms with Gasteiger partial charge in [0.05, 0.1) is 10.6 Å². The fourth-order valence-electron chi connectivity index (χ4n) is 3.70. The van der Waals surface area contributed by atoms with Crippen LogP contribution in [0.1, 0.15) is 25.6 Å². The number of benzene rings is 2. The Morgan fingerprint density at radius 2 is 1.53 bits per heavy atom. The number of ketones is 1. The fourth-order valence-corrected chi connectivity index (χ4v) is 4.82. The van der Waals surface area contributed by atoms with Gasteiger partial charge in [-0.15, -0.1) is 11.3 Å². The lowest BCUT2D eigenvalue weighted by Crippen LogP contribution is -2.28. The topological polar surface area (TPSA) is 55.2 Å². The van der Waals surface area contributed by atoms with E-state index in [1.165, 1.54) is 47.9 Å². The second kappa shape index (κ2) is 9.96. The summed E-state index contributed by atoms with van der Waals surface area (Å²) in [7, 11) is 0. The summed E-state index contributed by atoms with van der Waals surface area (Å²) in [5.41, 5.74) is 0.669. The molecule has 2 aromatic carbocycles. The van der Waals surface area contributed by atoms with Gasteiger partial charge in [-0.25, -0.2) is 13.8 Å². The smallest absolute Gasteiger partial charge is 0.264 e. The summed E-state index contributed by atoms with van der Waals surface area (Å²) in [6.07, 6.45) is 4.99. The number of pyridine rings is 1. The fraction of sp³-hybridized carbons (Fsp3) is 0. The zero-order valence-electron chi connectivity index (χ0n) is 18.4. The van der Waals surface area contributed by atoms with Crippen LogP contribution in [0, 0.1) is 11.6 Å². The van der Waals surface area contributed by atoms with Crippen LogP contribution in [0.2, 0.25) is 0 Å². The highest BCUT2D eigenvalue weighted by molar-refractivity contribution is 9.10. The number of thiophene rings is 1. The number of anilines is 2. The maximum atomic E-state index is 14.8. The number of para-hydroxylation sites is 1. The molecule has 0 atom stereocenters. The lowest BCUT2D eigenvalue weighted by atomic mass is 10.1. The molecule has 3 heterocycles. The lowest BCUT2D eigenvalue weighted by molar-refractivity contribution is 0.0996. The average molecular weight is 564 g/mol. The molecule has 178 valence electrons. The number of amides is 1. The van der Waals surface area contributed by atoms with Gasteiger partial charge in [0.1, 0.15) is 23.1 Å². The van der Waals surface area contributed by atoms with E-state index in [4.69, 9.17) is 0 Å². The van der Waals surface area contributed by atoms with Crippen LogP contribution in [0.25, 0.3) is 5.69 Å². The Bertz CT molecular complexity index is 1530. The summed E-state index contributed by atoms with van der Waals surface area (Å²) >= 11 is 4.61. The molecule has 0 saturated carbocycles. The molecule has 0 spiro atoms. The molecular weight excluding hydrogens is 548 g/mol. The van der Waals surface area contributed by atoms with Crippen molar-refractivity contribution in [1.29, 1.82) is 0 Å². The van der Waals surface area contributed by atoms with Crippen LogP contribution in [-0.4, -0.2) is 21.2 Å². The number of halogens is 3. The molecule has 0 fully saturated rings. The van der Waals surface area contributed by atoms with E-state index in [-0.39, 0.29) is 22.7 Å². The molecule has 36 heavy (non-hydrogen) atoms. The molecule has 0 N–H and O–H groups in total. The van der Waals surface area contributed by atoms with Crippen LogP contribution in [-0.2, 0) is 0 Å². The largest absolute Gasteiger partial charge is 0.322 e. The first-order valence-electron chi connectivity index (χ1n) is 10.7. The quantitative estimate of drug-likeness (QED) is 0.205. The van der Waals surface area contributed by atoms with E-state index in [1.807, 2.05) is 40.5 Å². The van der Waals surface area contributed by atoms with Crippen LogP contribution in [0.3, 0.4) is 0 Å². The Balaban J connectivity index is 1.54. The van der Waals surface area contributed by atoms with Gasteiger partial charge < -0.3 is 4.57 Å². The number of nitrogens with zero attached hydrogens (tertiary/aromatic N) is 3. The first-order valence-corrected chi connectivity index (χ1v) is 12.4. The molecule has 0 aliphatic carbocycles. The van der Waals surface area contributed by atoms with Crippen molar-refractivity contribution < 1.29 is 18.4 Å². The summed E-state index contributed by atoms with van der Waals surface area (Å²) in [5, 5.41) is 1.82. The van der Waals surface area contributed by atoms with Crippen molar-refractivity contribution in [3.8, 4) is 5.69 Å². The summed E-state index contributed by atoms with van der Waals surface area (Å²) in [6, 6.07) is 18.2. The minimum Gasteiger partial charge on any atom is -0.322 e. The highest BCUT2D eigenvalue weighted by Crippen LogP contribution is 2.32. The number of aromatic nitrogens is 2. The van der Waals surface area contributed by atoms with E-state index in [9.17, 15) is 18.4 Å². The van der Waals surface area contributed by atoms with E-state index >= 15 is 0 Å². The van der Waals surface area contributed by atoms with Gasteiger partial charge in [0.25, 0.3) is 5.91 Å². The standard InChI is InChI=1S/C27H16BrF2N3O2S/c28-19-9-6-17(7-10-19)27(35)33(24-20(29)4-3-5-21(24)30)23-11-8-18(16-31-23)25(34)26-22(12-15-36-26)32-13-1-2-14-32/h1-16H. The third-order valence-corrected chi connectivity index (χ3v) is 6.86. The van der Waals surface area contributed by atoms with Gasteiger partial charge in [-0.2, -0.15) is 0 Å². The summed E-state index contributed by atoms with van der Waals surface area (Å²) < 4.78 is 32.1. The molecule has 0 aliphatic heterocycles. The first kappa shape index (κ1) is 23.8. The number of hydrogen-bond acceptors (Lipinski definition) is 4. The van der Waals surface area contributed by atoms with Crippen LogP contribution in [0.4, 0.5) is 20.3 Å². The van der Waals surface area contributed by atoms with E-state index in [0.717, 1.165) is 27.2 Å². The molecular formula is C27H16BrF2N3O2S. The number of rotatable bonds is 6. The highest BCUT2D eigenvalue weighted by atomic mass is 79.9. The minimum atomic E-state index is -0.919. The van der Waals surface area contributed by atoms with Crippen molar-refractivity contribution in [2.45, 2.75) is 0 Å².